The molecule has 2 aliphatic heterocycles. The van der Waals surface area contributed by atoms with Crippen LogP contribution in [0.1, 0.15) is 39.0 Å². The maximum atomic E-state index is 12.3. The molecule has 2 heterocycles. The van der Waals surface area contributed by atoms with E-state index in [1.54, 1.807) is 11.8 Å². The molecule has 2 unspecified atom stereocenters. The molecule has 2 aliphatic rings. The predicted molar refractivity (Wildman–Crippen MR) is 71.8 cm³/mol. The van der Waals surface area contributed by atoms with Gasteiger partial charge in [0, 0.05) is 19.5 Å². The number of nitrogens with one attached hydrogen (secondary N) is 1. The van der Waals surface area contributed by atoms with Crippen LogP contribution >= 0.6 is 0 Å². The number of hydrogen-bond donors (Lipinski definition) is 2. The molecule has 0 radical (unpaired) electrons. The van der Waals surface area contributed by atoms with Gasteiger partial charge < -0.3 is 15.3 Å². The largest absolute Gasteiger partial charge is 0.481 e. The van der Waals surface area contributed by atoms with Gasteiger partial charge in [0.2, 0.25) is 5.91 Å². The van der Waals surface area contributed by atoms with Crippen LogP contribution in [0.5, 0.6) is 0 Å². The summed E-state index contributed by atoms with van der Waals surface area (Å²) in [5, 5.41) is 12.6. The highest BCUT2D eigenvalue weighted by molar-refractivity contribution is 5.79. The Morgan fingerprint density at radius 2 is 2.21 bits per heavy atom. The highest BCUT2D eigenvalue weighted by Gasteiger charge is 2.39. The first-order valence-corrected chi connectivity index (χ1v) is 7.23. The fourth-order valence-electron chi connectivity index (χ4n) is 3.10. The lowest BCUT2D eigenvalue weighted by atomic mass is 9.81. The summed E-state index contributed by atoms with van der Waals surface area (Å²) in [5.41, 5.74) is -0.765. The first-order valence-electron chi connectivity index (χ1n) is 7.23. The Hall–Kier alpha value is -1.10. The Labute approximate surface area is 114 Å². The standard InChI is InChI=1S/C14H24N2O3/c1-14(13(18)19)5-3-7-16(10-14)12(17)8-11-4-2-6-15-9-11/h11,15H,2-10H2,1H3,(H,18,19). The molecule has 2 N–H and O–H groups in total. The number of carbonyl (C=O) groups is 2. The number of likely N-dealkylation sites (tertiary alicyclic amines) is 1. The third-order valence-corrected chi connectivity index (χ3v) is 4.43. The molecule has 19 heavy (non-hydrogen) atoms. The van der Waals surface area contributed by atoms with E-state index in [1.807, 2.05) is 0 Å². The molecular formula is C14H24N2O3. The van der Waals surface area contributed by atoms with Crippen molar-refractivity contribution in [2.75, 3.05) is 26.2 Å². The highest BCUT2D eigenvalue weighted by Crippen LogP contribution is 2.30. The summed E-state index contributed by atoms with van der Waals surface area (Å²) in [6.07, 6.45) is 4.24. The number of carboxylic acid groups (broad SMARTS) is 1. The van der Waals surface area contributed by atoms with Gasteiger partial charge in [-0.1, -0.05) is 0 Å². The van der Waals surface area contributed by atoms with Crippen LogP contribution in [0.4, 0.5) is 0 Å². The van der Waals surface area contributed by atoms with Gasteiger partial charge in [-0.05, 0) is 51.6 Å². The molecule has 108 valence electrons. The summed E-state index contributed by atoms with van der Waals surface area (Å²) < 4.78 is 0. The van der Waals surface area contributed by atoms with E-state index in [-0.39, 0.29) is 5.91 Å². The minimum absolute atomic E-state index is 0.126. The Balaban J connectivity index is 1.89. The monoisotopic (exact) mass is 268 g/mol. The second-order valence-corrected chi connectivity index (χ2v) is 6.20. The molecule has 0 aromatic carbocycles. The molecule has 2 fully saturated rings. The SMILES string of the molecule is CC1(C(=O)O)CCCN(C(=O)CC2CCCNC2)C1. The fraction of sp³-hybridized carbons (Fsp3) is 0.857. The number of carbonyl (C=O) groups excluding carboxylic acids is 1. The van der Waals surface area contributed by atoms with E-state index < -0.39 is 11.4 Å². The summed E-state index contributed by atoms with van der Waals surface area (Å²) in [7, 11) is 0. The topological polar surface area (TPSA) is 69.6 Å². The molecule has 0 aromatic heterocycles. The third-order valence-electron chi connectivity index (χ3n) is 4.43. The van der Waals surface area contributed by atoms with Crippen LogP contribution in [0.3, 0.4) is 0 Å². The first kappa shape index (κ1) is 14.3. The molecule has 0 spiro atoms. The zero-order chi connectivity index (χ0) is 13.9. The van der Waals surface area contributed by atoms with E-state index in [0.29, 0.717) is 31.8 Å². The van der Waals surface area contributed by atoms with Crippen molar-refractivity contribution in [3.63, 3.8) is 0 Å². The van der Waals surface area contributed by atoms with Gasteiger partial charge in [-0.3, -0.25) is 9.59 Å². The van der Waals surface area contributed by atoms with Crippen LogP contribution in [0, 0.1) is 11.3 Å². The average Bonchev–Trinajstić information content (AvgIpc) is 2.40. The lowest BCUT2D eigenvalue weighted by Gasteiger charge is -2.38. The summed E-state index contributed by atoms with van der Waals surface area (Å²) in [6, 6.07) is 0. The van der Waals surface area contributed by atoms with Gasteiger partial charge in [0.25, 0.3) is 0 Å². The fourth-order valence-corrected chi connectivity index (χ4v) is 3.10. The number of hydrogen-bond acceptors (Lipinski definition) is 3. The average molecular weight is 268 g/mol. The Bertz CT molecular complexity index is 353. The zero-order valence-corrected chi connectivity index (χ0v) is 11.7. The predicted octanol–water partition coefficient (Wildman–Crippen LogP) is 1.09. The summed E-state index contributed by atoms with van der Waals surface area (Å²) in [6.45, 7) is 4.78. The van der Waals surface area contributed by atoms with Crippen LogP contribution in [-0.2, 0) is 9.59 Å². The molecule has 0 bridgehead atoms. The Morgan fingerprint density at radius 1 is 1.42 bits per heavy atom. The lowest BCUT2D eigenvalue weighted by Crippen LogP contribution is -2.49. The molecular weight excluding hydrogens is 244 g/mol. The number of aliphatic carboxylic acids is 1. The normalized spacial score (nSPS) is 32.1. The Morgan fingerprint density at radius 3 is 2.84 bits per heavy atom. The van der Waals surface area contributed by atoms with Crippen molar-refractivity contribution in [3.05, 3.63) is 0 Å². The van der Waals surface area contributed by atoms with Crippen LogP contribution in [0.15, 0.2) is 0 Å². The number of carboxylic acids is 1. The van der Waals surface area contributed by atoms with Crippen molar-refractivity contribution >= 4 is 11.9 Å². The summed E-state index contributed by atoms with van der Waals surface area (Å²) >= 11 is 0. The van der Waals surface area contributed by atoms with Gasteiger partial charge in [0.15, 0.2) is 0 Å². The smallest absolute Gasteiger partial charge is 0.311 e. The van der Waals surface area contributed by atoms with Gasteiger partial charge >= 0.3 is 5.97 Å². The van der Waals surface area contributed by atoms with Gasteiger partial charge in [-0.25, -0.2) is 0 Å². The second-order valence-electron chi connectivity index (χ2n) is 6.20. The van der Waals surface area contributed by atoms with Crippen LogP contribution < -0.4 is 5.32 Å². The van der Waals surface area contributed by atoms with E-state index in [0.717, 1.165) is 32.4 Å². The molecule has 0 saturated carbocycles. The summed E-state index contributed by atoms with van der Waals surface area (Å²) in [5.74, 6) is -0.246. The van der Waals surface area contributed by atoms with Crippen LogP contribution in [0.25, 0.3) is 0 Å². The second kappa shape index (κ2) is 5.90. The number of rotatable bonds is 3. The maximum Gasteiger partial charge on any atom is 0.311 e. The van der Waals surface area contributed by atoms with E-state index >= 15 is 0 Å². The zero-order valence-electron chi connectivity index (χ0n) is 11.7. The van der Waals surface area contributed by atoms with Crippen molar-refractivity contribution in [1.82, 2.24) is 10.2 Å². The molecule has 0 aliphatic carbocycles. The van der Waals surface area contributed by atoms with Crippen molar-refractivity contribution in [1.29, 1.82) is 0 Å². The molecule has 0 aromatic rings. The van der Waals surface area contributed by atoms with Crippen molar-refractivity contribution in [2.24, 2.45) is 11.3 Å². The number of amides is 1. The quantitative estimate of drug-likeness (QED) is 0.804. The maximum absolute atomic E-state index is 12.3. The number of piperidine rings is 2. The van der Waals surface area contributed by atoms with Crippen LogP contribution in [0.2, 0.25) is 0 Å². The molecule has 1 amide bonds. The molecule has 5 heteroatoms. The number of nitrogens with zero attached hydrogens (tertiary/aromatic N) is 1. The van der Waals surface area contributed by atoms with Gasteiger partial charge in [-0.2, -0.15) is 0 Å². The minimum Gasteiger partial charge on any atom is -0.481 e. The molecule has 5 nitrogen and oxygen atoms in total. The Kier molecular flexibility index (Phi) is 4.45. The highest BCUT2D eigenvalue weighted by atomic mass is 16.4. The van der Waals surface area contributed by atoms with E-state index in [4.69, 9.17) is 0 Å². The van der Waals surface area contributed by atoms with Crippen molar-refractivity contribution in [2.45, 2.75) is 39.0 Å². The summed E-state index contributed by atoms with van der Waals surface area (Å²) in [4.78, 5) is 25.3. The van der Waals surface area contributed by atoms with Gasteiger partial charge in [-0.15, -0.1) is 0 Å². The molecule has 2 rings (SSSR count). The van der Waals surface area contributed by atoms with Crippen molar-refractivity contribution in [3.8, 4) is 0 Å². The van der Waals surface area contributed by atoms with Gasteiger partial charge in [0.05, 0.1) is 5.41 Å². The first-order chi connectivity index (χ1) is 9.01. The van der Waals surface area contributed by atoms with E-state index in [1.165, 1.54) is 0 Å². The molecule has 2 saturated heterocycles. The van der Waals surface area contributed by atoms with Crippen molar-refractivity contribution < 1.29 is 14.7 Å². The van der Waals surface area contributed by atoms with Gasteiger partial charge in [0.1, 0.15) is 0 Å². The minimum atomic E-state index is -0.788. The van der Waals surface area contributed by atoms with E-state index in [2.05, 4.69) is 5.32 Å². The molecule has 2 atom stereocenters. The van der Waals surface area contributed by atoms with Crippen LogP contribution in [-0.4, -0.2) is 48.1 Å². The third kappa shape index (κ3) is 3.47. The lowest BCUT2D eigenvalue weighted by molar-refractivity contribution is -0.153. The van der Waals surface area contributed by atoms with E-state index in [9.17, 15) is 14.7 Å².